The number of hydrogen-bond acceptors (Lipinski definition) is 3. The van der Waals surface area contributed by atoms with Gasteiger partial charge in [-0.2, -0.15) is 0 Å². The summed E-state index contributed by atoms with van der Waals surface area (Å²) in [7, 11) is 1.29. The maximum absolute atomic E-state index is 13.4. The Labute approximate surface area is 91.6 Å². The van der Waals surface area contributed by atoms with Gasteiger partial charge >= 0.3 is 5.97 Å². The molecule has 5 heteroatoms. The van der Waals surface area contributed by atoms with Crippen molar-refractivity contribution in [3.05, 3.63) is 29.8 Å². The van der Waals surface area contributed by atoms with Crippen LogP contribution in [0.2, 0.25) is 0 Å². The molecule has 3 nitrogen and oxygen atoms in total. The molecule has 0 bridgehead atoms. The fourth-order valence-electron chi connectivity index (χ4n) is 1.77. The van der Waals surface area contributed by atoms with Gasteiger partial charge in [-0.3, -0.25) is 0 Å². The lowest BCUT2D eigenvalue weighted by molar-refractivity contribution is -0.143. The number of carbonyl (C=O) groups excluding carboxylic acids is 1. The van der Waals surface area contributed by atoms with Gasteiger partial charge in [0.2, 0.25) is 0 Å². The molecule has 0 aromatic heterocycles. The zero-order valence-electron chi connectivity index (χ0n) is 8.74. The lowest BCUT2D eigenvalue weighted by atomic mass is 10.0. The van der Waals surface area contributed by atoms with Crippen molar-refractivity contribution in [2.75, 3.05) is 18.6 Å². The number of nitrogens with zero attached hydrogens (tertiary/aromatic N) is 1. The highest BCUT2D eigenvalue weighted by molar-refractivity contribution is 5.82. The van der Waals surface area contributed by atoms with Crippen LogP contribution < -0.4 is 4.90 Å². The fraction of sp³-hybridized carbons (Fsp3) is 0.364. The van der Waals surface area contributed by atoms with Gasteiger partial charge < -0.3 is 9.64 Å². The van der Waals surface area contributed by atoms with E-state index in [0.717, 1.165) is 6.07 Å². The van der Waals surface area contributed by atoms with E-state index in [0.29, 0.717) is 13.0 Å². The van der Waals surface area contributed by atoms with Gasteiger partial charge in [0.1, 0.15) is 17.7 Å². The minimum absolute atomic E-state index is 0.239. The lowest BCUT2D eigenvalue weighted by Crippen LogP contribution is -2.53. The molecule has 1 aliphatic heterocycles. The standard InChI is InChI=1S/C11H11F2NO2/c1-16-11(15)10-4-5-14(10)9-3-2-7(12)6-8(9)13/h2-3,6,10H,4-5H2,1H3. The molecule has 1 heterocycles. The van der Waals surface area contributed by atoms with Gasteiger partial charge in [0, 0.05) is 12.6 Å². The average molecular weight is 227 g/mol. The SMILES string of the molecule is COC(=O)C1CCN1c1ccc(F)cc1F. The first-order valence-electron chi connectivity index (χ1n) is 4.93. The predicted molar refractivity (Wildman–Crippen MR) is 54.1 cm³/mol. The van der Waals surface area contributed by atoms with Crippen LogP contribution in [-0.4, -0.2) is 25.7 Å². The fourth-order valence-corrected chi connectivity index (χ4v) is 1.77. The molecule has 86 valence electrons. The molecular formula is C11H11F2NO2. The maximum Gasteiger partial charge on any atom is 0.328 e. The predicted octanol–water partition coefficient (Wildman–Crippen LogP) is 1.72. The van der Waals surface area contributed by atoms with Crippen molar-refractivity contribution in [1.82, 2.24) is 0 Å². The molecule has 0 amide bonds. The zero-order chi connectivity index (χ0) is 11.7. The minimum Gasteiger partial charge on any atom is -0.467 e. The molecule has 2 rings (SSSR count). The number of benzene rings is 1. The van der Waals surface area contributed by atoms with E-state index in [4.69, 9.17) is 0 Å². The molecule has 16 heavy (non-hydrogen) atoms. The van der Waals surface area contributed by atoms with Gasteiger partial charge in [-0.25, -0.2) is 13.6 Å². The smallest absolute Gasteiger partial charge is 0.328 e. The second-order valence-corrected chi connectivity index (χ2v) is 3.62. The summed E-state index contributed by atoms with van der Waals surface area (Å²) in [6, 6.07) is 2.86. The van der Waals surface area contributed by atoms with Crippen molar-refractivity contribution in [3.63, 3.8) is 0 Å². The van der Waals surface area contributed by atoms with Crippen LogP contribution in [0.15, 0.2) is 18.2 Å². The summed E-state index contributed by atoms with van der Waals surface area (Å²) in [5.74, 6) is -1.68. The van der Waals surface area contributed by atoms with Crippen LogP contribution in [0.1, 0.15) is 6.42 Å². The number of rotatable bonds is 2. The van der Waals surface area contributed by atoms with Gasteiger partial charge in [0.05, 0.1) is 12.8 Å². The third kappa shape index (κ3) is 1.73. The highest BCUT2D eigenvalue weighted by atomic mass is 19.1. The van der Waals surface area contributed by atoms with E-state index in [2.05, 4.69) is 4.74 Å². The molecule has 0 aliphatic carbocycles. The van der Waals surface area contributed by atoms with Crippen LogP contribution in [0.25, 0.3) is 0 Å². The Hall–Kier alpha value is -1.65. The average Bonchev–Trinajstić information content (AvgIpc) is 2.20. The Balaban J connectivity index is 2.22. The Morgan fingerprint density at radius 2 is 2.25 bits per heavy atom. The van der Waals surface area contributed by atoms with Gasteiger partial charge in [-0.15, -0.1) is 0 Å². The molecule has 1 aromatic rings. The van der Waals surface area contributed by atoms with E-state index in [1.165, 1.54) is 19.2 Å². The van der Waals surface area contributed by atoms with Crippen molar-refractivity contribution in [3.8, 4) is 0 Å². The Kier molecular flexibility index (Phi) is 2.77. The Morgan fingerprint density at radius 1 is 1.50 bits per heavy atom. The van der Waals surface area contributed by atoms with Gasteiger partial charge in [-0.05, 0) is 18.6 Å². The lowest BCUT2D eigenvalue weighted by Gasteiger charge is -2.40. The van der Waals surface area contributed by atoms with Crippen molar-refractivity contribution >= 4 is 11.7 Å². The summed E-state index contributed by atoms with van der Waals surface area (Å²) < 4.78 is 30.7. The largest absolute Gasteiger partial charge is 0.467 e. The number of halogens is 2. The van der Waals surface area contributed by atoms with E-state index < -0.39 is 23.6 Å². The molecule has 0 N–H and O–H groups in total. The maximum atomic E-state index is 13.4. The zero-order valence-corrected chi connectivity index (χ0v) is 8.74. The summed E-state index contributed by atoms with van der Waals surface area (Å²) in [6.07, 6.45) is 0.628. The number of esters is 1. The van der Waals surface area contributed by atoms with Gasteiger partial charge in [0.15, 0.2) is 0 Å². The molecular weight excluding hydrogens is 216 g/mol. The van der Waals surface area contributed by atoms with Crippen molar-refractivity contribution in [2.45, 2.75) is 12.5 Å². The normalized spacial score (nSPS) is 19.2. The van der Waals surface area contributed by atoms with E-state index in [-0.39, 0.29) is 5.69 Å². The van der Waals surface area contributed by atoms with Gasteiger partial charge in [-0.1, -0.05) is 0 Å². The van der Waals surface area contributed by atoms with Crippen molar-refractivity contribution in [2.24, 2.45) is 0 Å². The Morgan fingerprint density at radius 3 is 2.75 bits per heavy atom. The summed E-state index contributed by atoms with van der Waals surface area (Å²) in [4.78, 5) is 12.9. The van der Waals surface area contributed by atoms with Gasteiger partial charge in [0.25, 0.3) is 0 Å². The third-order valence-electron chi connectivity index (χ3n) is 2.71. The summed E-state index contributed by atoms with van der Waals surface area (Å²) in [5.41, 5.74) is 0.239. The molecule has 1 aromatic carbocycles. The quantitative estimate of drug-likeness (QED) is 0.720. The first kappa shape index (κ1) is 10.9. The first-order chi connectivity index (χ1) is 7.63. The molecule has 1 unspecified atom stereocenters. The summed E-state index contributed by atoms with van der Waals surface area (Å²) in [6.45, 7) is 0.572. The second kappa shape index (κ2) is 4.08. The molecule has 1 saturated heterocycles. The second-order valence-electron chi connectivity index (χ2n) is 3.62. The monoisotopic (exact) mass is 227 g/mol. The van der Waals surface area contributed by atoms with E-state index in [1.807, 2.05) is 0 Å². The summed E-state index contributed by atoms with van der Waals surface area (Å²) in [5, 5.41) is 0. The molecule has 1 aliphatic rings. The molecule has 1 atom stereocenters. The number of ether oxygens (including phenoxy) is 1. The number of methoxy groups -OCH3 is 1. The molecule has 1 fully saturated rings. The first-order valence-corrected chi connectivity index (χ1v) is 4.93. The topological polar surface area (TPSA) is 29.5 Å². The van der Waals surface area contributed by atoms with Crippen LogP contribution in [-0.2, 0) is 9.53 Å². The Bertz CT molecular complexity index is 422. The minimum atomic E-state index is -0.659. The molecule has 0 saturated carbocycles. The molecule has 0 radical (unpaired) electrons. The summed E-state index contributed by atoms with van der Waals surface area (Å²) >= 11 is 0. The van der Waals surface area contributed by atoms with Crippen LogP contribution in [0.3, 0.4) is 0 Å². The van der Waals surface area contributed by atoms with E-state index in [1.54, 1.807) is 4.90 Å². The van der Waals surface area contributed by atoms with Crippen molar-refractivity contribution < 1.29 is 18.3 Å². The van der Waals surface area contributed by atoms with Crippen molar-refractivity contribution in [1.29, 1.82) is 0 Å². The highest BCUT2D eigenvalue weighted by Gasteiger charge is 2.36. The van der Waals surface area contributed by atoms with Crippen LogP contribution in [0.4, 0.5) is 14.5 Å². The third-order valence-corrected chi connectivity index (χ3v) is 2.71. The number of anilines is 1. The van der Waals surface area contributed by atoms with E-state index >= 15 is 0 Å². The highest BCUT2D eigenvalue weighted by Crippen LogP contribution is 2.29. The van der Waals surface area contributed by atoms with Crippen LogP contribution >= 0.6 is 0 Å². The number of hydrogen-bond donors (Lipinski definition) is 0. The number of carbonyl (C=O) groups is 1. The van der Waals surface area contributed by atoms with Crippen LogP contribution in [0.5, 0.6) is 0 Å². The molecule has 0 spiro atoms. The van der Waals surface area contributed by atoms with Crippen LogP contribution in [0, 0.1) is 11.6 Å². The van der Waals surface area contributed by atoms with E-state index in [9.17, 15) is 13.6 Å².